The van der Waals surface area contributed by atoms with Crippen LogP contribution in [0.2, 0.25) is 0 Å². The van der Waals surface area contributed by atoms with Crippen LogP contribution in [-0.2, 0) is 16.4 Å². The summed E-state index contributed by atoms with van der Waals surface area (Å²) in [5.41, 5.74) is 1.30. The Morgan fingerprint density at radius 3 is 2.59 bits per heavy atom. The first kappa shape index (κ1) is 26.5. The molecule has 1 aliphatic heterocycles. The van der Waals surface area contributed by atoms with Gasteiger partial charge in [-0.1, -0.05) is 12.1 Å². The topological polar surface area (TPSA) is 118 Å². The Labute approximate surface area is 230 Å². The second kappa shape index (κ2) is 11.0. The molecule has 4 aromatic rings. The summed E-state index contributed by atoms with van der Waals surface area (Å²) in [5.74, 6) is -0.158. The number of nitrogens with one attached hydrogen (secondary N) is 2. The van der Waals surface area contributed by atoms with E-state index in [4.69, 9.17) is 4.74 Å². The van der Waals surface area contributed by atoms with E-state index in [1.807, 2.05) is 38.4 Å². The molecule has 0 spiro atoms. The Balaban J connectivity index is 1.25. The molecule has 0 fully saturated rings. The number of likely N-dealkylation sites (N-methyl/N-ethyl adjacent to an activating group) is 1. The number of carbonyl (C=O) groups is 2. The van der Waals surface area contributed by atoms with E-state index < -0.39 is 21.7 Å². The molecule has 2 heterocycles. The average molecular weight is 563 g/mol. The van der Waals surface area contributed by atoms with Crippen LogP contribution in [0.3, 0.4) is 0 Å². The van der Waals surface area contributed by atoms with Crippen LogP contribution >= 0.6 is 11.3 Å². The molecule has 0 radical (unpaired) electrons. The zero-order valence-electron chi connectivity index (χ0n) is 21.3. The van der Waals surface area contributed by atoms with Gasteiger partial charge in [-0.3, -0.25) is 9.59 Å². The van der Waals surface area contributed by atoms with Crippen LogP contribution in [-0.4, -0.2) is 57.4 Å². The van der Waals surface area contributed by atoms with Gasteiger partial charge >= 0.3 is 0 Å². The van der Waals surface area contributed by atoms with Gasteiger partial charge in [0.25, 0.3) is 11.8 Å². The van der Waals surface area contributed by atoms with Crippen molar-refractivity contribution in [1.29, 1.82) is 0 Å². The van der Waals surface area contributed by atoms with Crippen LogP contribution < -0.4 is 15.4 Å². The summed E-state index contributed by atoms with van der Waals surface area (Å²) in [5, 5.41) is 6.28. The first-order valence-corrected chi connectivity index (χ1v) is 14.4. The van der Waals surface area contributed by atoms with Crippen molar-refractivity contribution in [1.82, 2.24) is 15.2 Å². The predicted octanol–water partition coefficient (Wildman–Crippen LogP) is 4.08. The van der Waals surface area contributed by atoms with Crippen molar-refractivity contribution in [3.63, 3.8) is 0 Å². The summed E-state index contributed by atoms with van der Waals surface area (Å²) in [7, 11) is 0.0538. The second-order valence-corrected chi connectivity index (χ2v) is 12.2. The molecule has 0 saturated carbocycles. The molecule has 200 valence electrons. The van der Waals surface area contributed by atoms with Crippen LogP contribution in [0.4, 0.5) is 5.69 Å². The predicted molar refractivity (Wildman–Crippen MR) is 149 cm³/mol. The van der Waals surface area contributed by atoms with E-state index in [1.54, 1.807) is 18.3 Å². The van der Waals surface area contributed by atoms with E-state index >= 15 is 0 Å². The van der Waals surface area contributed by atoms with E-state index in [-0.39, 0.29) is 33.2 Å². The Hall–Kier alpha value is -4.06. The molecular weight excluding hydrogens is 536 g/mol. The minimum Gasteiger partial charge on any atom is -0.492 e. The number of nitrogens with zero attached hydrogens (tertiary/aromatic N) is 2. The molecule has 5 rings (SSSR count). The number of benzene rings is 3. The van der Waals surface area contributed by atoms with E-state index in [1.165, 1.54) is 41.7 Å². The van der Waals surface area contributed by atoms with Crippen molar-refractivity contribution in [3.8, 4) is 16.3 Å². The Morgan fingerprint density at radius 2 is 1.82 bits per heavy atom. The van der Waals surface area contributed by atoms with Gasteiger partial charge in [-0.15, -0.1) is 11.3 Å². The highest BCUT2D eigenvalue weighted by atomic mass is 32.2. The Bertz CT molecular complexity index is 1650. The number of sulfone groups is 1. The molecule has 3 aromatic carbocycles. The lowest BCUT2D eigenvalue weighted by Gasteiger charge is -2.11. The van der Waals surface area contributed by atoms with Crippen molar-refractivity contribution in [2.75, 3.05) is 32.6 Å². The lowest BCUT2D eigenvalue weighted by molar-refractivity contribution is 0.0949. The number of hydrogen-bond donors (Lipinski definition) is 2. The number of amides is 2. The number of anilines is 1. The monoisotopic (exact) mass is 562 g/mol. The largest absolute Gasteiger partial charge is 0.492 e. The van der Waals surface area contributed by atoms with Crippen LogP contribution in [0.15, 0.2) is 82.7 Å². The van der Waals surface area contributed by atoms with Gasteiger partial charge in [0, 0.05) is 28.7 Å². The van der Waals surface area contributed by atoms with Gasteiger partial charge < -0.3 is 20.3 Å². The van der Waals surface area contributed by atoms with Crippen molar-refractivity contribution in [2.24, 2.45) is 0 Å². The molecule has 2 amide bonds. The first-order valence-electron chi connectivity index (χ1n) is 12.1. The third kappa shape index (κ3) is 5.70. The number of aromatic nitrogens is 1. The van der Waals surface area contributed by atoms with E-state index in [0.717, 1.165) is 27.7 Å². The summed E-state index contributed by atoms with van der Waals surface area (Å²) < 4.78 is 32.0. The van der Waals surface area contributed by atoms with Gasteiger partial charge in [-0.2, -0.15) is 0 Å². The molecule has 1 aliphatic rings. The lowest BCUT2D eigenvalue weighted by Crippen LogP contribution is -2.22. The minimum atomic E-state index is -3.93. The molecule has 9 nitrogen and oxygen atoms in total. The molecule has 39 heavy (non-hydrogen) atoms. The maximum absolute atomic E-state index is 13.2. The van der Waals surface area contributed by atoms with Gasteiger partial charge in [-0.05, 0) is 68.7 Å². The Kier molecular flexibility index (Phi) is 7.47. The number of rotatable bonds is 8. The smallest absolute Gasteiger partial charge is 0.257 e. The summed E-state index contributed by atoms with van der Waals surface area (Å²) in [6.45, 7) is 1.68. The second-order valence-electron chi connectivity index (χ2n) is 9.16. The van der Waals surface area contributed by atoms with Crippen molar-refractivity contribution in [3.05, 3.63) is 88.9 Å². The van der Waals surface area contributed by atoms with E-state index in [0.29, 0.717) is 6.61 Å². The van der Waals surface area contributed by atoms with Gasteiger partial charge in [0.15, 0.2) is 0 Å². The number of thiazole rings is 1. The summed E-state index contributed by atoms with van der Waals surface area (Å²) >= 11 is 1.46. The molecule has 11 heteroatoms. The van der Waals surface area contributed by atoms with Gasteiger partial charge in [0.2, 0.25) is 9.84 Å². The fraction of sp³-hybridized carbons (Fsp3) is 0.179. The minimum absolute atomic E-state index is 0.0569. The summed E-state index contributed by atoms with van der Waals surface area (Å²) in [6.07, 6.45) is 1.71. The SMILES string of the molecule is CN(C)CCOc1ccc(-c2ncc(CNC(=O)c3ccc4c(c3)NC(=O)c3ccccc3S4(=O)=O)s2)cc1. The average Bonchev–Trinajstić information content (AvgIpc) is 3.38. The van der Waals surface area contributed by atoms with Gasteiger partial charge in [0.1, 0.15) is 17.4 Å². The van der Waals surface area contributed by atoms with E-state index in [9.17, 15) is 18.0 Å². The highest BCUT2D eigenvalue weighted by molar-refractivity contribution is 7.91. The van der Waals surface area contributed by atoms with Crippen molar-refractivity contribution >= 4 is 38.7 Å². The third-order valence-electron chi connectivity index (χ3n) is 6.09. The molecule has 0 bridgehead atoms. The van der Waals surface area contributed by atoms with E-state index in [2.05, 4.69) is 20.5 Å². The Morgan fingerprint density at radius 1 is 1.05 bits per heavy atom. The molecule has 0 unspecified atom stereocenters. The lowest BCUT2D eigenvalue weighted by atomic mass is 10.1. The quantitative estimate of drug-likeness (QED) is 0.332. The van der Waals surface area contributed by atoms with Crippen molar-refractivity contribution < 1.29 is 22.7 Å². The van der Waals surface area contributed by atoms with Crippen LogP contribution in [0.1, 0.15) is 25.6 Å². The normalized spacial score (nSPS) is 13.7. The van der Waals surface area contributed by atoms with Crippen LogP contribution in [0, 0.1) is 0 Å². The number of ether oxygens (including phenoxy) is 1. The maximum atomic E-state index is 13.2. The number of carbonyl (C=O) groups excluding carboxylic acids is 2. The molecule has 0 saturated heterocycles. The fourth-order valence-electron chi connectivity index (χ4n) is 4.03. The number of fused-ring (bicyclic) bond motifs is 2. The summed E-state index contributed by atoms with van der Waals surface area (Å²) in [6, 6.07) is 17.9. The summed E-state index contributed by atoms with van der Waals surface area (Å²) in [4.78, 5) is 32.8. The zero-order chi connectivity index (χ0) is 27.6. The molecular formula is C28H26N4O5S2. The molecule has 2 N–H and O–H groups in total. The molecule has 1 aromatic heterocycles. The number of hydrogen-bond acceptors (Lipinski definition) is 8. The van der Waals surface area contributed by atoms with Gasteiger partial charge in [0.05, 0.1) is 27.6 Å². The van der Waals surface area contributed by atoms with Crippen LogP contribution in [0.5, 0.6) is 5.75 Å². The van der Waals surface area contributed by atoms with Crippen molar-refractivity contribution in [2.45, 2.75) is 16.3 Å². The van der Waals surface area contributed by atoms with Crippen LogP contribution in [0.25, 0.3) is 10.6 Å². The highest BCUT2D eigenvalue weighted by Gasteiger charge is 2.31. The fourth-order valence-corrected chi connectivity index (χ4v) is 6.48. The molecule has 0 atom stereocenters. The first-order chi connectivity index (χ1) is 18.7. The highest BCUT2D eigenvalue weighted by Crippen LogP contribution is 2.34. The molecule has 0 aliphatic carbocycles. The zero-order valence-corrected chi connectivity index (χ0v) is 22.9. The maximum Gasteiger partial charge on any atom is 0.257 e. The van der Waals surface area contributed by atoms with Gasteiger partial charge in [-0.25, -0.2) is 13.4 Å². The standard InChI is InChI=1S/C28H26N4O5S2/c1-32(2)13-14-37-20-10-7-18(8-11-20)28-30-17-21(38-28)16-29-26(33)19-9-12-25-23(15-19)31-27(34)22-5-3-4-6-24(22)39(25,35)36/h3-12,15,17H,13-14,16H2,1-2H3,(H,29,33)(H,31,34). The third-order valence-corrected chi connectivity index (χ3v) is 9.00.